The van der Waals surface area contributed by atoms with Gasteiger partial charge in [0.1, 0.15) is 0 Å². The Balaban J connectivity index is 2.06. The van der Waals surface area contributed by atoms with Gasteiger partial charge in [0.05, 0.1) is 5.54 Å². The molecule has 1 saturated heterocycles. The highest BCUT2D eigenvalue weighted by Crippen LogP contribution is 2.35. The van der Waals surface area contributed by atoms with Crippen molar-refractivity contribution in [3.05, 3.63) is 35.9 Å². The standard InChI is InChI=1S/C13H20N2S/c1-2-15(13(9-14)10-16-11-13)8-12-6-4-3-5-7-12/h3-7H,2,8-11,14H2,1H3. The zero-order valence-electron chi connectivity index (χ0n) is 9.86. The first-order valence-electron chi connectivity index (χ1n) is 5.87. The minimum atomic E-state index is 0.259. The second kappa shape index (κ2) is 5.21. The first kappa shape index (κ1) is 12.0. The van der Waals surface area contributed by atoms with Crippen LogP contribution in [0.4, 0.5) is 0 Å². The molecule has 3 heteroatoms. The Morgan fingerprint density at radius 1 is 1.31 bits per heavy atom. The largest absolute Gasteiger partial charge is 0.329 e. The lowest BCUT2D eigenvalue weighted by Crippen LogP contribution is -2.62. The maximum Gasteiger partial charge on any atom is 0.0515 e. The van der Waals surface area contributed by atoms with Gasteiger partial charge in [0.15, 0.2) is 0 Å². The number of nitrogens with two attached hydrogens (primary N) is 1. The molecule has 2 rings (SSSR count). The first-order valence-corrected chi connectivity index (χ1v) is 7.03. The van der Waals surface area contributed by atoms with Crippen LogP contribution in [0, 0.1) is 0 Å². The number of benzene rings is 1. The highest BCUT2D eigenvalue weighted by Gasteiger charge is 2.41. The van der Waals surface area contributed by atoms with Crippen LogP contribution in [0.1, 0.15) is 12.5 Å². The van der Waals surface area contributed by atoms with Crippen LogP contribution < -0.4 is 5.73 Å². The fourth-order valence-electron chi connectivity index (χ4n) is 2.19. The Kier molecular flexibility index (Phi) is 3.90. The third-order valence-electron chi connectivity index (χ3n) is 3.39. The van der Waals surface area contributed by atoms with Crippen molar-refractivity contribution >= 4 is 11.8 Å². The van der Waals surface area contributed by atoms with E-state index < -0.39 is 0 Å². The molecule has 0 amide bonds. The van der Waals surface area contributed by atoms with Gasteiger partial charge in [-0.15, -0.1) is 0 Å². The van der Waals surface area contributed by atoms with Gasteiger partial charge in [0, 0.05) is 24.6 Å². The van der Waals surface area contributed by atoms with Gasteiger partial charge < -0.3 is 5.73 Å². The molecule has 0 bridgehead atoms. The predicted molar refractivity (Wildman–Crippen MR) is 71.6 cm³/mol. The summed E-state index contributed by atoms with van der Waals surface area (Å²) in [4.78, 5) is 2.53. The highest BCUT2D eigenvalue weighted by molar-refractivity contribution is 8.00. The Morgan fingerprint density at radius 2 is 2.00 bits per heavy atom. The lowest BCUT2D eigenvalue weighted by atomic mass is 10.00. The SMILES string of the molecule is CCN(Cc1ccccc1)C1(CN)CSC1. The van der Waals surface area contributed by atoms with E-state index in [1.165, 1.54) is 17.1 Å². The number of likely N-dealkylation sites (N-methyl/N-ethyl adjacent to an activating group) is 1. The van der Waals surface area contributed by atoms with Crippen LogP contribution in [-0.4, -0.2) is 35.0 Å². The van der Waals surface area contributed by atoms with Gasteiger partial charge in [0.25, 0.3) is 0 Å². The molecule has 0 aromatic heterocycles. The summed E-state index contributed by atoms with van der Waals surface area (Å²) in [6.45, 7) is 5.10. The van der Waals surface area contributed by atoms with Crippen molar-refractivity contribution in [3.63, 3.8) is 0 Å². The smallest absolute Gasteiger partial charge is 0.0515 e. The van der Waals surface area contributed by atoms with E-state index in [9.17, 15) is 0 Å². The van der Waals surface area contributed by atoms with Crippen molar-refractivity contribution in [1.29, 1.82) is 0 Å². The van der Waals surface area contributed by atoms with Gasteiger partial charge in [-0.2, -0.15) is 11.8 Å². The fourth-order valence-corrected chi connectivity index (χ4v) is 3.46. The summed E-state index contributed by atoms with van der Waals surface area (Å²) in [6.07, 6.45) is 0. The van der Waals surface area contributed by atoms with Gasteiger partial charge >= 0.3 is 0 Å². The average molecular weight is 236 g/mol. The van der Waals surface area contributed by atoms with E-state index >= 15 is 0 Å². The van der Waals surface area contributed by atoms with Crippen molar-refractivity contribution in [1.82, 2.24) is 4.90 Å². The molecule has 0 aliphatic carbocycles. The van der Waals surface area contributed by atoms with Crippen molar-refractivity contribution in [2.24, 2.45) is 5.73 Å². The third kappa shape index (κ3) is 2.26. The number of thioether (sulfide) groups is 1. The van der Waals surface area contributed by atoms with E-state index in [0.717, 1.165) is 19.6 Å². The van der Waals surface area contributed by atoms with E-state index in [2.05, 4.69) is 42.2 Å². The summed E-state index contributed by atoms with van der Waals surface area (Å²) >= 11 is 2.00. The van der Waals surface area contributed by atoms with Crippen LogP contribution in [0.2, 0.25) is 0 Å². The monoisotopic (exact) mass is 236 g/mol. The molecule has 0 atom stereocenters. The molecule has 1 aliphatic heterocycles. The average Bonchev–Trinajstić information content (AvgIpc) is 2.28. The minimum Gasteiger partial charge on any atom is -0.329 e. The zero-order chi connectivity index (χ0) is 11.4. The molecule has 1 aromatic carbocycles. The third-order valence-corrected chi connectivity index (χ3v) is 4.87. The topological polar surface area (TPSA) is 29.3 Å². The van der Waals surface area contributed by atoms with Crippen LogP contribution >= 0.6 is 11.8 Å². The number of hydrogen-bond donors (Lipinski definition) is 1. The Hall–Kier alpha value is -0.510. The predicted octanol–water partition coefficient (Wildman–Crippen LogP) is 1.95. The molecular formula is C13H20N2S. The highest BCUT2D eigenvalue weighted by atomic mass is 32.2. The van der Waals surface area contributed by atoms with Crippen LogP contribution in [-0.2, 0) is 6.54 Å². The molecule has 0 unspecified atom stereocenters. The number of nitrogens with zero attached hydrogens (tertiary/aromatic N) is 1. The Bertz CT molecular complexity index is 316. The summed E-state index contributed by atoms with van der Waals surface area (Å²) in [5.74, 6) is 2.37. The van der Waals surface area contributed by atoms with Crippen molar-refractivity contribution in [2.75, 3.05) is 24.6 Å². The molecular weight excluding hydrogens is 216 g/mol. The lowest BCUT2D eigenvalue weighted by molar-refractivity contribution is 0.124. The number of rotatable bonds is 5. The van der Waals surface area contributed by atoms with Gasteiger partial charge in [0.2, 0.25) is 0 Å². The molecule has 0 radical (unpaired) electrons. The molecule has 2 N–H and O–H groups in total. The molecule has 1 aromatic rings. The first-order chi connectivity index (χ1) is 7.80. The number of hydrogen-bond acceptors (Lipinski definition) is 3. The lowest BCUT2D eigenvalue weighted by Gasteiger charge is -2.49. The normalized spacial score (nSPS) is 18.4. The maximum atomic E-state index is 5.94. The zero-order valence-corrected chi connectivity index (χ0v) is 10.7. The van der Waals surface area contributed by atoms with Gasteiger partial charge in [-0.25, -0.2) is 0 Å². The molecule has 2 nitrogen and oxygen atoms in total. The second-order valence-electron chi connectivity index (χ2n) is 4.42. The maximum absolute atomic E-state index is 5.94. The van der Waals surface area contributed by atoms with Crippen LogP contribution in [0.3, 0.4) is 0 Å². The summed E-state index contributed by atoms with van der Waals surface area (Å²) < 4.78 is 0. The van der Waals surface area contributed by atoms with E-state index in [1.54, 1.807) is 0 Å². The summed E-state index contributed by atoms with van der Waals surface area (Å²) in [6, 6.07) is 10.7. The molecule has 1 aliphatic rings. The Morgan fingerprint density at radius 3 is 2.44 bits per heavy atom. The second-order valence-corrected chi connectivity index (χ2v) is 5.41. The molecule has 0 saturated carbocycles. The van der Waals surface area contributed by atoms with Gasteiger partial charge in [-0.05, 0) is 12.1 Å². The molecule has 1 heterocycles. The summed E-state index contributed by atoms with van der Waals surface area (Å²) in [7, 11) is 0. The minimum absolute atomic E-state index is 0.259. The van der Waals surface area contributed by atoms with Gasteiger partial charge in [-0.1, -0.05) is 37.3 Å². The van der Waals surface area contributed by atoms with E-state index in [0.29, 0.717) is 0 Å². The molecule has 1 fully saturated rings. The van der Waals surface area contributed by atoms with Crippen molar-refractivity contribution in [3.8, 4) is 0 Å². The van der Waals surface area contributed by atoms with E-state index in [4.69, 9.17) is 5.73 Å². The summed E-state index contributed by atoms with van der Waals surface area (Å²) in [5.41, 5.74) is 7.59. The van der Waals surface area contributed by atoms with Crippen LogP contribution in [0.15, 0.2) is 30.3 Å². The van der Waals surface area contributed by atoms with Crippen LogP contribution in [0.25, 0.3) is 0 Å². The molecule has 0 spiro atoms. The Labute approximate surface area is 102 Å². The summed E-state index contributed by atoms with van der Waals surface area (Å²) in [5, 5.41) is 0. The van der Waals surface area contributed by atoms with Crippen LogP contribution in [0.5, 0.6) is 0 Å². The van der Waals surface area contributed by atoms with E-state index in [1.807, 2.05) is 11.8 Å². The fraction of sp³-hybridized carbons (Fsp3) is 0.538. The van der Waals surface area contributed by atoms with E-state index in [-0.39, 0.29) is 5.54 Å². The van der Waals surface area contributed by atoms with Gasteiger partial charge in [-0.3, -0.25) is 4.90 Å². The molecule has 88 valence electrons. The molecule has 16 heavy (non-hydrogen) atoms. The van der Waals surface area contributed by atoms with Crippen molar-refractivity contribution < 1.29 is 0 Å². The van der Waals surface area contributed by atoms with Crippen molar-refractivity contribution in [2.45, 2.75) is 19.0 Å². The quantitative estimate of drug-likeness (QED) is 0.847.